The normalized spacial score (nSPS) is 10.8. The second-order valence-corrected chi connectivity index (χ2v) is 5.89. The average molecular weight is 309 g/mol. The Morgan fingerprint density at radius 2 is 0.750 bits per heavy atom. The van der Waals surface area contributed by atoms with Gasteiger partial charge in [0.1, 0.15) is 0 Å². The van der Waals surface area contributed by atoms with E-state index in [1.54, 1.807) is 0 Å². The lowest BCUT2D eigenvalue weighted by Crippen LogP contribution is -2.42. The number of nitrogens with zero attached hydrogens (tertiary/aromatic N) is 2. The summed E-state index contributed by atoms with van der Waals surface area (Å²) < 4.78 is 10.9. The molecule has 6 heteroatoms. The SMILES string of the molecule is CC[N+](C)(CC)CC.CC[N+](C)(CC)CC.O=[Si]([O-])[O-]. The van der Waals surface area contributed by atoms with Gasteiger partial charge in [0.25, 0.3) is 0 Å². The first-order chi connectivity index (χ1) is 9.10. The molecule has 0 bridgehead atoms. The lowest BCUT2D eigenvalue weighted by atomic mass is 10.4. The quantitative estimate of drug-likeness (QED) is 0.517. The first-order valence-electron chi connectivity index (χ1n) is 7.65. The highest BCUT2D eigenvalue weighted by molar-refractivity contribution is 6.17. The molecular weight excluding hydrogens is 272 g/mol. The molecule has 0 amide bonds. The molecule has 0 heterocycles. The minimum atomic E-state index is -3.63. The van der Waals surface area contributed by atoms with Crippen LogP contribution in [0.4, 0.5) is 0 Å². The predicted octanol–water partition coefficient (Wildman–Crippen LogP) is 0.108. The Kier molecular flexibility index (Phi) is 16.6. The molecule has 0 aromatic carbocycles. The minimum absolute atomic E-state index is 1.21. The maximum atomic E-state index is 8.52. The summed E-state index contributed by atoms with van der Waals surface area (Å²) in [6.45, 7) is 21.0. The Morgan fingerprint density at radius 3 is 0.750 bits per heavy atom. The zero-order chi connectivity index (χ0) is 16.8. The van der Waals surface area contributed by atoms with Gasteiger partial charge in [0.2, 0.25) is 0 Å². The van der Waals surface area contributed by atoms with Gasteiger partial charge in [-0.3, -0.25) is 0 Å². The Labute approximate surface area is 127 Å². The lowest BCUT2D eigenvalue weighted by molar-refractivity contribution is -0.904. The van der Waals surface area contributed by atoms with Gasteiger partial charge < -0.3 is 23.0 Å². The van der Waals surface area contributed by atoms with Crippen LogP contribution in [0.2, 0.25) is 0 Å². The molecule has 0 radical (unpaired) electrons. The van der Waals surface area contributed by atoms with Crippen LogP contribution in [0.15, 0.2) is 0 Å². The second-order valence-electron chi connectivity index (χ2n) is 5.39. The van der Waals surface area contributed by atoms with Crippen LogP contribution in [0.25, 0.3) is 0 Å². The molecule has 0 N–H and O–H groups in total. The zero-order valence-electron chi connectivity index (χ0n) is 14.9. The van der Waals surface area contributed by atoms with Crippen LogP contribution in [0.1, 0.15) is 41.5 Å². The van der Waals surface area contributed by atoms with E-state index in [4.69, 9.17) is 14.1 Å². The molecule has 0 aromatic heterocycles. The van der Waals surface area contributed by atoms with Crippen molar-refractivity contribution in [3.63, 3.8) is 0 Å². The smallest absolute Gasteiger partial charge is 0.0755 e. The fourth-order valence-corrected chi connectivity index (χ4v) is 1.34. The van der Waals surface area contributed by atoms with Crippen LogP contribution in [-0.4, -0.2) is 71.5 Å². The van der Waals surface area contributed by atoms with Crippen molar-refractivity contribution in [2.45, 2.75) is 41.5 Å². The van der Waals surface area contributed by atoms with Gasteiger partial charge in [0.15, 0.2) is 0 Å². The van der Waals surface area contributed by atoms with E-state index in [2.05, 4.69) is 55.6 Å². The molecular formula is C14H36N2O3Si. The lowest BCUT2D eigenvalue weighted by Gasteiger charge is -2.30. The third-order valence-corrected chi connectivity index (χ3v) is 4.58. The fraction of sp³-hybridized carbons (Fsp3) is 1.00. The van der Waals surface area contributed by atoms with Crippen LogP contribution in [-0.2, 0) is 4.46 Å². The molecule has 5 nitrogen and oxygen atoms in total. The van der Waals surface area contributed by atoms with E-state index in [9.17, 15) is 0 Å². The van der Waals surface area contributed by atoms with Crippen molar-refractivity contribution in [1.29, 1.82) is 0 Å². The fourth-order valence-electron chi connectivity index (χ4n) is 1.34. The van der Waals surface area contributed by atoms with Gasteiger partial charge in [0, 0.05) is 9.17 Å². The van der Waals surface area contributed by atoms with E-state index in [0.29, 0.717) is 0 Å². The predicted molar refractivity (Wildman–Crippen MR) is 82.1 cm³/mol. The highest BCUT2D eigenvalue weighted by Crippen LogP contribution is 1.98. The summed E-state index contributed by atoms with van der Waals surface area (Å²) in [7, 11) is 0.954. The summed E-state index contributed by atoms with van der Waals surface area (Å²) in [6, 6.07) is 0. The van der Waals surface area contributed by atoms with Gasteiger partial charge in [-0.25, -0.2) is 0 Å². The van der Waals surface area contributed by atoms with E-state index in [1.807, 2.05) is 0 Å². The molecule has 0 saturated heterocycles. The summed E-state index contributed by atoms with van der Waals surface area (Å²) in [6.07, 6.45) is 0. The Hall–Kier alpha value is -0.463. The van der Waals surface area contributed by atoms with Gasteiger partial charge >= 0.3 is 0 Å². The summed E-state index contributed by atoms with van der Waals surface area (Å²) in [4.78, 5) is 17.0. The molecule has 0 rings (SSSR count). The highest BCUT2D eigenvalue weighted by Gasteiger charge is 2.11. The van der Waals surface area contributed by atoms with E-state index in [1.165, 1.54) is 48.2 Å². The molecule has 0 saturated carbocycles. The summed E-state index contributed by atoms with van der Waals surface area (Å²) in [5.74, 6) is 0. The van der Waals surface area contributed by atoms with Crippen LogP contribution in [0.3, 0.4) is 0 Å². The maximum absolute atomic E-state index is 8.52. The third kappa shape index (κ3) is 15.6. The second kappa shape index (κ2) is 13.5. The third-order valence-electron chi connectivity index (χ3n) is 4.58. The van der Waals surface area contributed by atoms with Gasteiger partial charge in [0.05, 0.1) is 53.4 Å². The molecule has 0 unspecified atom stereocenters. The standard InChI is InChI=1S/2C7H18N.O3Si/c2*1-5-8(4,6-2)7-3;1-4(2)3/h2*5-7H2,1-4H3;/q2*+1;-2. The number of hydrogen-bond donors (Lipinski definition) is 0. The van der Waals surface area contributed by atoms with Crippen LogP contribution >= 0.6 is 0 Å². The van der Waals surface area contributed by atoms with E-state index in [-0.39, 0.29) is 0 Å². The van der Waals surface area contributed by atoms with Gasteiger partial charge in [-0.1, -0.05) is 0 Å². The molecule has 0 aliphatic carbocycles. The molecule has 124 valence electrons. The van der Waals surface area contributed by atoms with Crippen molar-refractivity contribution >= 4 is 9.17 Å². The van der Waals surface area contributed by atoms with Crippen LogP contribution in [0, 0.1) is 0 Å². The van der Waals surface area contributed by atoms with Crippen molar-refractivity contribution in [3.8, 4) is 0 Å². The molecule has 0 atom stereocenters. The van der Waals surface area contributed by atoms with Crippen LogP contribution < -0.4 is 9.59 Å². The summed E-state index contributed by atoms with van der Waals surface area (Å²) in [5.41, 5.74) is 0. The van der Waals surface area contributed by atoms with Crippen LogP contribution in [0.5, 0.6) is 0 Å². The first kappa shape index (κ1) is 24.5. The van der Waals surface area contributed by atoms with E-state index in [0.717, 1.165) is 0 Å². The Bertz CT molecular complexity index is 192. The maximum Gasteiger partial charge on any atom is 0.0755 e. The summed E-state index contributed by atoms with van der Waals surface area (Å²) in [5, 5.41) is 0. The van der Waals surface area contributed by atoms with Gasteiger partial charge in [-0.2, -0.15) is 0 Å². The Morgan fingerprint density at radius 1 is 0.650 bits per heavy atom. The number of hydrogen-bond acceptors (Lipinski definition) is 3. The number of rotatable bonds is 6. The first-order valence-corrected chi connectivity index (χ1v) is 8.87. The van der Waals surface area contributed by atoms with Crippen molar-refractivity contribution < 1.29 is 23.0 Å². The molecule has 0 aromatic rings. The zero-order valence-corrected chi connectivity index (χ0v) is 15.9. The molecule has 0 spiro atoms. The van der Waals surface area contributed by atoms with Gasteiger partial charge in [-0.15, -0.1) is 0 Å². The van der Waals surface area contributed by atoms with Crippen molar-refractivity contribution in [1.82, 2.24) is 0 Å². The Balaban J connectivity index is -0.000000230. The highest BCUT2D eigenvalue weighted by atomic mass is 28.3. The van der Waals surface area contributed by atoms with Crippen molar-refractivity contribution in [2.75, 3.05) is 53.4 Å². The van der Waals surface area contributed by atoms with Gasteiger partial charge in [-0.05, 0) is 41.5 Å². The minimum Gasteiger partial charge on any atom is -0.672 e. The molecule has 20 heavy (non-hydrogen) atoms. The summed E-state index contributed by atoms with van der Waals surface area (Å²) >= 11 is 0. The topological polar surface area (TPSA) is 63.2 Å². The average Bonchev–Trinajstić information content (AvgIpc) is 2.45. The monoisotopic (exact) mass is 308 g/mol. The largest absolute Gasteiger partial charge is 0.672 e. The number of quaternary nitrogens is 2. The van der Waals surface area contributed by atoms with Crippen molar-refractivity contribution in [2.24, 2.45) is 0 Å². The van der Waals surface area contributed by atoms with E-state index >= 15 is 0 Å². The molecule has 0 aliphatic rings. The molecule has 0 aliphatic heterocycles. The van der Waals surface area contributed by atoms with Crippen molar-refractivity contribution in [3.05, 3.63) is 0 Å². The van der Waals surface area contributed by atoms with E-state index < -0.39 is 9.17 Å². The molecule has 0 fully saturated rings.